The third-order valence-electron chi connectivity index (χ3n) is 2.10. The van der Waals surface area contributed by atoms with Crippen molar-refractivity contribution in [2.24, 2.45) is 0 Å². The molecule has 0 aliphatic heterocycles. The Bertz CT molecular complexity index is 354. The zero-order valence-corrected chi connectivity index (χ0v) is 9.56. The molecule has 0 amide bonds. The van der Waals surface area contributed by atoms with Gasteiger partial charge >= 0.3 is 5.97 Å². The van der Waals surface area contributed by atoms with Crippen molar-refractivity contribution in [2.75, 3.05) is 12.3 Å². The minimum atomic E-state index is -0.463. The van der Waals surface area contributed by atoms with E-state index in [-0.39, 0.29) is 6.61 Å². The molecule has 88 valence electrons. The van der Waals surface area contributed by atoms with Crippen LogP contribution in [0.25, 0.3) is 0 Å². The highest BCUT2D eigenvalue weighted by molar-refractivity contribution is 5.90. The normalized spacial score (nSPS) is 12.2. The Morgan fingerprint density at radius 3 is 2.75 bits per heavy atom. The van der Waals surface area contributed by atoms with Gasteiger partial charge in [0.15, 0.2) is 0 Å². The van der Waals surface area contributed by atoms with Crippen molar-refractivity contribution in [3.05, 3.63) is 29.3 Å². The van der Waals surface area contributed by atoms with E-state index in [0.717, 1.165) is 5.56 Å². The number of esters is 1. The summed E-state index contributed by atoms with van der Waals surface area (Å²) in [5, 5.41) is 9.01. The van der Waals surface area contributed by atoms with Gasteiger partial charge in [-0.1, -0.05) is 0 Å². The lowest BCUT2D eigenvalue weighted by molar-refractivity contribution is 0.0444. The van der Waals surface area contributed by atoms with E-state index >= 15 is 0 Å². The molecule has 0 radical (unpaired) electrons. The number of aliphatic hydroxyl groups is 1. The maximum absolute atomic E-state index is 11.6. The molecule has 1 rings (SSSR count). The van der Waals surface area contributed by atoms with Crippen LogP contribution < -0.4 is 5.73 Å². The van der Waals surface area contributed by atoms with Crippen molar-refractivity contribution >= 4 is 11.7 Å². The van der Waals surface area contributed by atoms with Crippen LogP contribution in [0, 0.1) is 6.92 Å². The fraction of sp³-hybridized carbons (Fsp3) is 0.417. The van der Waals surface area contributed by atoms with Crippen LogP contribution in [0.15, 0.2) is 18.2 Å². The van der Waals surface area contributed by atoms with Crippen LogP contribution in [0.5, 0.6) is 0 Å². The summed E-state index contributed by atoms with van der Waals surface area (Å²) in [5.74, 6) is -0.406. The second kappa shape index (κ2) is 5.51. The van der Waals surface area contributed by atoms with Crippen molar-refractivity contribution in [1.82, 2.24) is 0 Å². The number of ether oxygens (including phenoxy) is 1. The minimum Gasteiger partial charge on any atom is -0.462 e. The molecular formula is C12H17NO3. The summed E-state index contributed by atoms with van der Waals surface area (Å²) in [5.41, 5.74) is 7.54. The summed E-state index contributed by atoms with van der Waals surface area (Å²) >= 11 is 0. The number of nitrogen functional groups attached to an aromatic ring is 1. The maximum atomic E-state index is 11.6. The Labute approximate surface area is 95.0 Å². The Morgan fingerprint density at radius 1 is 1.50 bits per heavy atom. The lowest BCUT2D eigenvalue weighted by Gasteiger charge is -2.07. The van der Waals surface area contributed by atoms with Crippen LogP contribution in [-0.2, 0) is 4.74 Å². The van der Waals surface area contributed by atoms with Gasteiger partial charge in [0.05, 0.1) is 18.3 Å². The molecule has 4 nitrogen and oxygen atoms in total. The first-order valence-electron chi connectivity index (χ1n) is 5.21. The fourth-order valence-electron chi connectivity index (χ4n) is 1.34. The molecular weight excluding hydrogens is 206 g/mol. The molecule has 1 unspecified atom stereocenters. The molecule has 0 saturated heterocycles. The lowest BCUT2D eigenvalue weighted by atomic mass is 10.1. The van der Waals surface area contributed by atoms with Crippen LogP contribution >= 0.6 is 0 Å². The third-order valence-corrected chi connectivity index (χ3v) is 2.10. The average molecular weight is 223 g/mol. The van der Waals surface area contributed by atoms with Gasteiger partial charge in [0, 0.05) is 12.1 Å². The Hall–Kier alpha value is -1.55. The second-order valence-electron chi connectivity index (χ2n) is 3.91. The molecule has 0 heterocycles. The van der Waals surface area contributed by atoms with Crippen molar-refractivity contribution < 1.29 is 14.6 Å². The summed E-state index contributed by atoms with van der Waals surface area (Å²) in [7, 11) is 0. The number of carbonyl (C=O) groups excluding carboxylic acids is 1. The summed E-state index contributed by atoms with van der Waals surface area (Å²) < 4.78 is 4.99. The molecule has 0 aliphatic carbocycles. The van der Waals surface area contributed by atoms with E-state index in [1.165, 1.54) is 0 Å². The smallest absolute Gasteiger partial charge is 0.338 e. The number of hydrogen-bond donors (Lipinski definition) is 2. The van der Waals surface area contributed by atoms with E-state index in [2.05, 4.69) is 0 Å². The van der Waals surface area contributed by atoms with Crippen molar-refractivity contribution in [2.45, 2.75) is 26.4 Å². The first-order valence-corrected chi connectivity index (χ1v) is 5.21. The predicted molar refractivity (Wildman–Crippen MR) is 62.2 cm³/mol. The molecule has 0 spiro atoms. The van der Waals surface area contributed by atoms with Crippen LogP contribution in [0.1, 0.15) is 29.3 Å². The van der Waals surface area contributed by atoms with Gasteiger partial charge < -0.3 is 15.6 Å². The number of benzene rings is 1. The van der Waals surface area contributed by atoms with E-state index in [4.69, 9.17) is 15.6 Å². The molecule has 1 aromatic rings. The predicted octanol–water partition coefficient (Wildman–Crippen LogP) is 1.50. The first-order chi connectivity index (χ1) is 7.49. The number of aryl methyl sites for hydroxylation is 1. The van der Waals surface area contributed by atoms with Gasteiger partial charge in [-0.05, 0) is 37.6 Å². The van der Waals surface area contributed by atoms with Gasteiger partial charge in [0.2, 0.25) is 0 Å². The van der Waals surface area contributed by atoms with Crippen molar-refractivity contribution in [1.29, 1.82) is 0 Å². The van der Waals surface area contributed by atoms with Crippen molar-refractivity contribution in [3.63, 3.8) is 0 Å². The quantitative estimate of drug-likeness (QED) is 0.599. The van der Waals surface area contributed by atoms with Gasteiger partial charge in [0.1, 0.15) is 0 Å². The second-order valence-corrected chi connectivity index (χ2v) is 3.91. The lowest BCUT2D eigenvalue weighted by Crippen LogP contribution is -2.11. The number of nitrogens with two attached hydrogens (primary N) is 1. The van der Waals surface area contributed by atoms with E-state index in [9.17, 15) is 4.79 Å². The Balaban J connectivity index is 2.59. The molecule has 0 fully saturated rings. The number of hydrogen-bond acceptors (Lipinski definition) is 4. The standard InChI is InChI=1S/C12H17NO3/c1-8-5-10(7-11(13)6-8)12(15)16-4-3-9(2)14/h5-7,9,14H,3-4,13H2,1-2H3. The molecule has 3 N–H and O–H groups in total. The van der Waals surface area contributed by atoms with Crippen LogP contribution in [0.3, 0.4) is 0 Å². The summed E-state index contributed by atoms with van der Waals surface area (Å²) in [6, 6.07) is 5.09. The molecule has 0 bridgehead atoms. The number of rotatable bonds is 4. The highest BCUT2D eigenvalue weighted by Crippen LogP contribution is 2.12. The minimum absolute atomic E-state index is 0.213. The fourth-order valence-corrected chi connectivity index (χ4v) is 1.34. The summed E-state index contributed by atoms with van der Waals surface area (Å²) in [4.78, 5) is 11.6. The monoisotopic (exact) mass is 223 g/mol. The van der Waals surface area contributed by atoms with Gasteiger partial charge in [-0.15, -0.1) is 0 Å². The first kappa shape index (κ1) is 12.5. The maximum Gasteiger partial charge on any atom is 0.338 e. The van der Waals surface area contributed by atoms with E-state index in [1.807, 2.05) is 6.92 Å². The topological polar surface area (TPSA) is 72.6 Å². The molecule has 0 aliphatic rings. The SMILES string of the molecule is Cc1cc(N)cc(C(=O)OCCC(C)O)c1. The van der Waals surface area contributed by atoms with Gasteiger partial charge in [0.25, 0.3) is 0 Å². The van der Waals surface area contributed by atoms with E-state index in [0.29, 0.717) is 17.7 Å². The zero-order chi connectivity index (χ0) is 12.1. The van der Waals surface area contributed by atoms with Gasteiger partial charge in [-0.3, -0.25) is 0 Å². The summed E-state index contributed by atoms with van der Waals surface area (Å²) in [6.45, 7) is 3.73. The highest BCUT2D eigenvalue weighted by atomic mass is 16.5. The zero-order valence-electron chi connectivity index (χ0n) is 9.56. The molecule has 1 atom stereocenters. The van der Waals surface area contributed by atoms with Crippen LogP contribution in [0.4, 0.5) is 5.69 Å². The molecule has 0 aromatic heterocycles. The van der Waals surface area contributed by atoms with Crippen LogP contribution in [-0.4, -0.2) is 23.8 Å². The highest BCUT2D eigenvalue weighted by Gasteiger charge is 2.08. The average Bonchev–Trinajstić information content (AvgIpc) is 2.15. The number of carbonyl (C=O) groups is 1. The molecule has 4 heteroatoms. The number of aliphatic hydroxyl groups excluding tert-OH is 1. The molecule has 0 saturated carbocycles. The molecule has 16 heavy (non-hydrogen) atoms. The van der Waals surface area contributed by atoms with Gasteiger partial charge in [-0.2, -0.15) is 0 Å². The van der Waals surface area contributed by atoms with E-state index < -0.39 is 12.1 Å². The third kappa shape index (κ3) is 3.90. The van der Waals surface area contributed by atoms with E-state index in [1.54, 1.807) is 25.1 Å². The number of anilines is 1. The largest absolute Gasteiger partial charge is 0.462 e. The van der Waals surface area contributed by atoms with Crippen LogP contribution in [0.2, 0.25) is 0 Å². The van der Waals surface area contributed by atoms with Gasteiger partial charge in [-0.25, -0.2) is 4.79 Å². The summed E-state index contributed by atoms with van der Waals surface area (Å²) in [6.07, 6.45) is -0.0251. The molecule has 1 aromatic carbocycles. The van der Waals surface area contributed by atoms with Crippen molar-refractivity contribution in [3.8, 4) is 0 Å². The Kier molecular flexibility index (Phi) is 4.31. The Morgan fingerprint density at radius 2 is 2.19 bits per heavy atom.